The number of hydrogen-bond donors (Lipinski definition) is 0. The fourth-order valence-corrected chi connectivity index (χ4v) is 4.29. The van der Waals surface area contributed by atoms with Crippen molar-refractivity contribution in [2.45, 2.75) is 13.1 Å². The molecule has 0 amide bonds. The van der Waals surface area contributed by atoms with Gasteiger partial charge in [0.15, 0.2) is 0 Å². The first-order valence-corrected chi connectivity index (χ1v) is 10.8. The van der Waals surface area contributed by atoms with Gasteiger partial charge in [-0.05, 0) is 28.2 Å². The molecule has 0 fully saturated rings. The van der Waals surface area contributed by atoms with Gasteiger partial charge in [-0.15, -0.1) is 41.4 Å². The third-order valence-corrected chi connectivity index (χ3v) is 5.29. The van der Waals surface area contributed by atoms with Gasteiger partial charge in [0, 0.05) is 14.2 Å². The van der Waals surface area contributed by atoms with E-state index in [4.69, 9.17) is 0 Å². The zero-order valence-electron chi connectivity index (χ0n) is 13.7. The van der Waals surface area contributed by atoms with Crippen molar-refractivity contribution < 1.29 is 51.0 Å². The Hall–Kier alpha value is -0.0500. The van der Waals surface area contributed by atoms with Crippen LogP contribution in [-0.2, 0) is 26.2 Å². The van der Waals surface area contributed by atoms with Crippen LogP contribution in [0.15, 0.2) is 76.7 Å². The molecule has 0 nitrogen and oxygen atoms in total. The molecular weight excluding hydrogens is 450 g/mol. The molecule has 5 heteroatoms. The average molecular weight is 470 g/mol. The second-order valence-corrected chi connectivity index (χ2v) is 8.88. The third kappa shape index (κ3) is 6.35. The van der Waals surface area contributed by atoms with E-state index in [0.717, 1.165) is 0 Å². The summed E-state index contributed by atoms with van der Waals surface area (Å²) in [6.45, 7) is 4.64. The molecule has 0 unspecified atom stereocenters. The van der Waals surface area contributed by atoms with Gasteiger partial charge in [0.05, 0.1) is 0 Å². The van der Waals surface area contributed by atoms with E-state index in [1.54, 1.807) is 0 Å². The number of benzene rings is 1. The normalized spacial score (nSPS) is 13.7. The molecule has 4 rings (SSSR count). The molecule has 0 saturated carbocycles. The first-order chi connectivity index (χ1) is 10.2. The minimum absolute atomic E-state index is 0. The zero-order chi connectivity index (χ0) is 14.7. The second-order valence-electron chi connectivity index (χ2n) is 5.57. The molecule has 0 N–H and O–H groups in total. The molecule has 1 aliphatic carbocycles. The van der Waals surface area contributed by atoms with E-state index in [2.05, 4.69) is 78.8 Å². The molecule has 0 bridgehead atoms. The number of rotatable bonds is 1. The fraction of sp³-hybridized carbons (Fsp3) is 0.158. The van der Waals surface area contributed by atoms with Crippen LogP contribution in [0.1, 0.15) is 0 Å². The molecule has 1 radical (unpaired) electrons. The maximum atomic E-state index is 2.42. The van der Waals surface area contributed by atoms with Crippen LogP contribution in [0, 0.1) is 0 Å². The number of thioether (sulfide) groups is 1. The molecule has 2 aromatic rings. The van der Waals surface area contributed by atoms with Crippen molar-refractivity contribution in [3.8, 4) is 0 Å². The smallest absolute Gasteiger partial charge is 1.00 e. The van der Waals surface area contributed by atoms with Crippen molar-refractivity contribution in [3.63, 3.8) is 0 Å². The van der Waals surface area contributed by atoms with Crippen LogP contribution in [0.2, 0.25) is 13.1 Å². The topological polar surface area (TPSA) is 0 Å². The summed E-state index contributed by atoms with van der Waals surface area (Å²) in [5.41, 5.74) is 6.83. The molecule has 0 spiro atoms. The van der Waals surface area contributed by atoms with Gasteiger partial charge in [-0.3, -0.25) is 0 Å². The Morgan fingerprint density at radius 3 is 2.50 bits per heavy atom. The monoisotopic (exact) mass is 467 g/mol. The zero-order valence-corrected chi connectivity index (χ0v) is 19.5. The van der Waals surface area contributed by atoms with Crippen LogP contribution in [0.5, 0.6) is 0 Å². The van der Waals surface area contributed by atoms with E-state index in [1.807, 2.05) is 11.8 Å². The molecule has 0 aromatic heterocycles. The van der Waals surface area contributed by atoms with Gasteiger partial charge in [-0.1, -0.05) is 30.9 Å². The SMILES string of the molecule is C[Si](C)=CC1=CC2=CSCC2=C1.[Cl-].[Cl-].[Zr+3].c1ccc2[cH-]ccc2c1. The Bertz CT molecular complexity index is 753. The summed E-state index contributed by atoms with van der Waals surface area (Å²) in [5.74, 6) is 1.18. The number of hydrogen-bond acceptors (Lipinski definition) is 1. The summed E-state index contributed by atoms with van der Waals surface area (Å²) < 4.78 is 0. The molecule has 1 heterocycles. The van der Waals surface area contributed by atoms with Gasteiger partial charge in [0.2, 0.25) is 0 Å². The second kappa shape index (κ2) is 11.5. The summed E-state index contributed by atoms with van der Waals surface area (Å²) >= 11 is 1.91. The van der Waals surface area contributed by atoms with E-state index in [-0.39, 0.29) is 59.4 Å². The summed E-state index contributed by atoms with van der Waals surface area (Å²) in [4.78, 5) is 0. The van der Waals surface area contributed by atoms with Crippen molar-refractivity contribution in [1.29, 1.82) is 0 Å². The molecule has 2 aromatic carbocycles. The Morgan fingerprint density at radius 2 is 1.83 bits per heavy atom. The van der Waals surface area contributed by atoms with Crippen LogP contribution < -0.4 is 24.8 Å². The van der Waals surface area contributed by atoms with Crippen LogP contribution in [0.4, 0.5) is 0 Å². The largest absolute Gasteiger partial charge is 3.00 e. The molecule has 2 aliphatic rings. The predicted molar refractivity (Wildman–Crippen MR) is 99.8 cm³/mol. The fourth-order valence-electron chi connectivity index (χ4n) is 2.54. The van der Waals surface area contributed by atoms with E-state index in [9.17, 15) is 0 Å². The summed E-state index contributed by atoms with van der Waals surface area (Å²) in [5, 5.41) is 4.93. The Morgan fingerprint density at radius 1 is 1.08 bits per heavy atom. The van der Waals surface area contributed by atoms with Crippen LogP contribution in [-0.4, -0.2) is 19.8 Å². The minimum Gasteiger partial charge on any atom is -1.00 e. The predicted octanol–water partition coefficient (Wildman–Crippen LogP) is -0.814. The molecular formula is C19H19Cl2SSiZr. The summed E-state index contributed by atoms with van der Waals surface area (Å²) in [6, 6.07) is 14.7. The van der Waals surface area contributed by atoms with Crippen LogP contribution in [0.25, 0.3) is 10.8 Å². The number of halogens is 2. The Balaban J connectivity index is 0.000000402. The van der Waals surface area contributed by atoms with E-state index < -0.39 is 0 Å². The van der Waals surface area contributed by atoms with Crippen molar-refractivity contribution >= 4 is 36.6 Å². The summed E-state index contributed by atoms with van der Waals surface area (Å²) in [7, 11) is -0.220. The van der Waals surface area contributed by atoms with E-state index >= 15 is 0 Å². The standard InChI is InChI=1S/C10H12SSi.C9H7.2ClH.Zr/c1-12(2)7-8-3-9-5-11-6-10(9)4-8;1-2-5-9-7-3-6-8(9)4-1;;;/h3-5,7H,6H2,1-2H3;1-7H;2*1H;/q;-1;;;+3/p-2. The van der Waals surface area contributed by atoms with Gasteiger partial charge >= 0.3 is 26.2 Å². The Kier molecular flexibility index (Phi) is 11.5. The molecule has 1 aliphatic heterocycles. The molecule has 0 atom stereocenters. The van der Waals surface area contributed by atoms with E-state index in [1.165, 1.54) is 33.2 Å². The summed E-state index contributed by atoms with van der Waals surface area (Å²) in [6.07, 6.45) is 4.65. The average Bonchev–Trinajstić information content (AvgIpc) is 3.12. The van der Waals surface area contributed by atoms with Crippen molar-refractivity contribution in [1.82, 2.24) is 0 Å². The maximum Gasteiger partial charge on any atom is 3.00 e. The quantitative estimate of drug-likeness (QED) is 0.389. The first-order valence-electron chi connectivity index (χ1n) is 7.22. The van der Waals surface area contributed by atoms with Crippen molar-refractivity contribution in [2.24, 2.45) is 0 Å². The molecule has 123 valence electrons. The van der Waals surface area contributed by atoms with Crippen molar-refractivity contribution in [2.75, 3.05) is 5.75 Å². The van der Waals surface area contributed by atoms with Crippen molar-refractivity contribution in [3.05, 3.63) is 76.7 Å². The van der Waals surface area contributed by atoms with Gasteiger partial charge in [0.1, 0.15) is 0 Å². The Labute approximate surface area is 182 Å². The van der Waals surface area contributed by atoms with Crippen LogP contribution >= 0.6 is 11.8 Å². The van der Waals surface area contributed by atoms with E-state index in [0.29, 0.717) is 0 Å². The van der Waals surface area contributed by atoms with Crippen LogP contribution in [0.3, 0.4) is 0 Å². The maximum absolute atomic E-state index is 2.42. The number of allylic oxidation sites excluding steroid dienone is 4. The van der Waals surface area contributed by atoms with Gasteiger partial charge in [-0.25, -0.2) is 0 Å². The van der Waals surface area contributed by atoms with Gasteiger partial charge in [0.25, 0.3) is 0 Å². The van der Waals surface area contributed by atoms with Gasteiger partial charge < -0.3 is 24.8 Å². The first kappa shape index (κ1) is 23.9. The molecule has 24 heavy (non-hydrogen) atoms. The molecule has 0 saturated heterocycles. The third-order valence-electron chi connectivity index (χ3n) is 3.49. The number of fused-ring (bicyclic) bond motifs is 2. The van der Waals surface area contributed by atoms with Gasteiger partial charge in [-0.2, -0.15) is 17.5 Å². The minimum atomic E-state index is -0.220.